The van der Waals surface area contributed by atoms with Gasteiger partial charge in [0, 0.05) is 19.6 Å². The fraction of sp³-hybridized carbons (Fsp3) is 0.833. The molecule has 2 aliphatic heterocycles. The van der Waals surface area contributed by atoms with Crippen LogP contribution in [-0.4, -0.2) is 54.7 Å². The topological polar surface area (TPSA) is 56.6 Å². The molecule has 1 unspecified atom stereocenters. The van der Waals surface area contributed by atoms with Crippen molar-refractivity contribution in [1.82, 2.24) is 9.80 Å². The number of hydrogen-bond acceptors (Lipinski definition) is 3. The fourth-order valence-electron chi connectivity index (χ4n) is 2.36. The molecule has 2 heterocycles. The summed E-state index contributed by atoms with van der Waals surface area (Å²) in [4.78, 5) is 15.9. The van der Waals surface area contributed by atoms with Crippen molar-refractivity contribution in [3.63, 3.8) is 0 Å². The van der Waals surface area contributed by atoms with E-state index in [9.17, 15) is 4.79 Å². The molecule has 17 heavy (non-hydrogen) atoms. The molecular weight excluding hydrogens is 218 g/mol. The molecule has 5 heteroatoms. The van der Waals surface area contributed by atoms with Crippen LogP contribution >= 0.6 is 0 Å². The number of hydrogen-bond donors (Lipinski definition) is 0. The highest BCUT2D eigenvalue weighted by atomic mass is 16.5. The van der Waals surface area contributed by atoms with Crippen LogP contribution in [0.4, 0.5) is 4.79 Å². The van der Waals surface area contributed by atoms with Crippen LogP contribution in [-0.2, 0) is 4.74 Å². The van der Waals surface area contributed by atoms with Crippen molar-refractivity contribution in [2.24, 2.45) is 0 Å². The molecule has 2 saturated heterocycles. The smallest absolute Gasteiger partial charge is 0.320 e. The fourth-order valence-corrected chi connectivity index (χ4v) is 2.36. The van der Waals surface area contributed by atoms with Gasteiger partial charge < -0.3 is 14.5 Å². The number of amides is 2. The lowest BCUT2D eigenvalue weighted by Gasteiger charge is -2.34. The van der Waals surface area contributed by atoms with E-state index in [4.69, 9.17) is 10.00 Å². The van der Waals surface area contributed by atoms with E-state index in [2.05, 4.69) is 6.07 Å². The lowest BCUT2D eigenvalue weighted by Crippen LogP contribution is -2.50. The molecule has 0 aromatic carbocycles. The second kappa shape index (κ2) is 5.87. The third-order valence-corrected chi connectivity index (χ3v) is 3.36. The number of urea groups is 1. The monoisotopic (exact) mass is 237 g/mol. The van der Waals surface area contributed by atoms with E-state index in [0.717, 1.165) is 25.9 Å². The van der Waals surface area contributed by atoms with Gasteiger partial charge in [-0.3, -0.25) is 0 Å². The molecular formula is C12H19N3O2. The van der Waals surface area contributed by atoms with Crippen molar-refractivity contribution in [1.29, 1.82) is 5.26 Å². The zero-order chi connectivity index (χ0) is 12.1. The van der Waals surface area contributed by atoms with Gasteiger partial charge in [-0.15, -0.1) is 0 Å². The predicted octanol–water partition coefficient (Wildman–Crippen LogP) is 1.21. The van der Waals surface area contributed by atoms with E-state index in [1.54, 1.807) is 4.90 Å². The van der Waals surface area contributed by atoms with Gasteiger partial charge in [0.2, 0.25) is 0 Å². The Kier molecular flexibility index (Phi) is 4.21. The Morgan fingerprint density at radius 2 is 1.82 bits per heavy atom. The van der Waals surface area contributed by atoms with Gasteiger partial charge >= 0.3 is 6.03 Å². The zero-order valence-corrected chi connectivity index (χ0v) is 10.1. The normalized spacial score (nSPS) is 26.2. The van der Waals surface area contributed by atoms with Crippen molar-refractivity contribution < 1.29 is 9.53 Å². The minimum atomic E-state index is -0.459. The highest BCUT2D eigenvalue weighted by Crippen LogP contribution is 2.13. The number of nitrogens with zero attached hydrogens (tertiary/aromatic N) is 3. The average molecular weight is 237 g/mol. The van der Waals surface area contributed by atoms with E-state index < -0.39 is 6.10 Å². The largest absolute Gasteiger partial charge is 0.360 e. The summed E-state index contributed by atoms with van der Waals surface area (Å²) in [5.74, 6) is 0. The van der Waals surface area contributed by atoms with Gasteiger partial charge in [0.25, 0.3) is 0 Å². The highest BCUT2D eigenvalue weighted by molar-refractivity contribution is 5.74. The molecule has 0 bridgehead atoms. The molecule has 1 atom stereocenters. The first-order valence-corrected chi connectivity index (χ1v) is 6.36. The lowest BCUT2D eigenvalue weighted by atomic mass is 10.2. The molecule has 2 rings (SSSR count). The minimum Gasteiger partial charge on any atom is -0.360 e. The minimum absolute atomic E-state index is 0.0791. The van der Waals surface area contributed by atoms with Crippen molar-refractivity contribution >= 4 is 6.03 Å². The number of nitriles is 1. The number of likely N-dealkylation sites (tertiary alicyclic amines) is 1. The van der Waals surface area contributed by atoms with Crippen molar-refractivity contribution in [2.75, 3.05) is 32.8 Å². The van der Waals surface area contributed by atoms with E-state index in [-0.39, 0.29) is 6.03 Å². The third kappa shape index (κ3) is 3.10. The van der Waals surface area contributed by atoms with Crippen LogP contribution in [0, 0.1) is 11.3 Å². The Labute approximate surface area is 102 Å². The molecule has 0 aromatic heterocycles. The summed E-state index contributed by atoms with van der Waals surface area (Å²) in [5, 5.41) is 8.82. The number of morpholine rings is 1. The first-order chi connectivity index (χ1) is 8.31. The van der Waals surface area contributed by atoms with Crippen molar-refractivity contribution in [2.45, 2.75) is 31.8 Å². The summed E-state index contributed by atoms with van der Waals surface area (Å²) >= 11 is 0. The molecule has 2 fully saturated rings. The maximum atomic E-state index is 12.3. The van der Waals surface area contributed by atoms with Gasteiger partial charge in [0.15, 0.2) is 6.10 Å². The standard InChI is InChI=1S/C12H19N3O2/c13-9-11-10-15(7-8-17-11)12(16)14-5-3-1-2-4-6-14/h11H,1-8,10H2. The number of ether oxygens (including phenoxy) is 1. The Hall–Kier alpha value is -1.28. The molecule has 0 aliphatic carbocycles. The lowest BCUT2D eigenvalue weighted by molar-refractivity contribution is 0.00907. The first-order valence-electron chi connectivity index (χ1n) is 6.36. The van der Waals surface area contributed by atoms with E-state index in [1.165, 1.54) is 12.8 Å². The average Bonchev–Trinajstić information content (AvgIpc) is 2.67. The van der Waals surface area contributed by atoms with Gasteiger partial charge in [-0.05, 0) is 12.8 Å². The van der Waals surface area contributed by atoms with E-state index in [1.807, 2.05) is 4.90 Å². The van der Waals surface area contributed by atoms with Crippen molar-refractivity contribution in [3.8, 4) is 6.07 Å². The number of carbonyl (C=O) groups is 1. The molecule has 0 spiro atoms. The van der Waals surface area contributed by atoms with Crippen LogP contribution in [0.25, 0.3) is 0 Å². The molecule has 2 aliphatic rings. The summed E-state index contributed by atoms with van der Waals surface area (Å²) in [6.07, 6.45) is 4.16. The molecule has 0 radical (unpaired) electrons. The molecule has 5 nitrogen and oxygen atoms in total. The first kappa shape index (κ1) is 12.2. The van der Waals surface area contributed by atoms with Crippen LogP contribution in [0.15, 0.2) is 0 Å². The second-order valence-electron chi connectivity index (χ2n) is 4.62. The third-order valence-electron chi connectivity index (χ3n) is 3.36. The Balaban J connectivity index is 1.91. The maximum absolute atomic E-state index is 12.3. The van der Waals surface area contributed by atoms with Gasteiger partial charge in [-0.25, -0.2) is 4.79 Å². The maximum Gasteiger partial charge on any atom is 0.320 e. The Morgan fingerprint density at radius 3 is 2.47 bits per heavy atom. The van der Waals surface area contributed by atoms with Gasteiger partial charge in [-0.2, -0.15) is 5.26 Å². The van der Waals surface area contributed by atoms with E-state index in [0.29, 0.717) is 19.7 Å². The van der Waals surface area contributed by atoms with Gasteiger partial charge in [0.1, 0.15) is 0 Å². The summed E-state index contributed by atoms with van der Waals surface area (Å²) in [6, 6.07) is 2.15. The Bertz CT molecular complexity index is 305. The summed E-state index contributed by atoms with van der Waals surface area (Å²) in [6.45, 7) is 3.19. The SMILES string of the molecule is N#CC1CN(C(=O)N2CCCCCC2)CCO1. The van der Waals surface area contributed by atoms with Crippen LogP contribution in [0.5, 0.6) is 0 Å². The summed E-state index contributed by atoms with van der Waals surface area (Å²) in [5.41, 5.74) is 0. The molecule has 0 aromatic rings. The van der Waals surface area contributed by atoms with Crippen LogP contribution < -0.4 is 0 Å². The molecule has 0 N–H and O–H groups in total. The van der Waals surface area contributed by atoms with Crippen LogP contribution in [0.1, 0.15) is 25.7 Å². The van der Waals surface area contributed by atoms with Crippen molar-refractivity contribution in [3.05, 3.63) is 0 Å². The predicted molar refractivity (Wildman–Crippen MR) is 62.4 cm³/mol. The summed E-state index contributed by atoms with van der Waals surface area (Å²) < 4.78 is 5.25. The van der Waals surface area contributed by atoms with Gasteiger partial charge in [0.05, 0.1) is 19.2 Å². The van der Waals surface area contributed by atoms with Gasteiger partial charge in [-0.1, -0.05) is 12.8 Å². The molecule has 94 valence electrons. The highest BCUT2D eigenvalue weighted by Gasteiger charge is 2.27. The molecule has 2 amide bonds. The van der Waals surface area contributed by atoms with Crippen LogP contribution in [0.3, 0.4) is 0 Å². The molecule has 0 saturated carbocycles. The van der Waals surface area contributed by atoms with E-state index >= 15 is 0 Å². The summed E-state index contributed by atoms with van der Waals surface area (Å²) in [7, 11) is 0. The van der Waals surface area contributed by atoms with Crippen LogP contribution in [0.2, 0.25) is 0 Å². The Morgan fingerprint density at radius 1 is 1.12 bits per heavy atom. The second-order valence-corrected chi connectivity index (χ2v) is 4.62. The zero-order valence-electron chi connectivity index (χ0n) is 10.1. The number of carbonyl (C=O) groups excluding carboxylic acids is 1. The quantitative estimate of drug-likeness (QED) is 0.636. The number of rotatable bonds is 0.